The van der Waals surface area contributed by atoms with Gasteiger partial charge < -0.3 is 4.90 Å². The Morgan fingerprint density at radius 1 is 1.40 bits per heavy atom. The van der Waals surface area contributed by atoms with Crippen LogP contribution in [-0.4, -0.2) is 23.1 Å². The van der Waals surface area contributed by atoms with Crippen molar-refractivity contribution in [1.29, 1.82) is 0 Å². The maximum Gasteiger partial charge on any atom is 0.416 e. The molecule has 1 atom stereocenters. The molecule has 2 rings (SSSR count). The highest BCUT2D eigenvalue weighted by Crippen LogP contribution is 2.44. The lowest BCUT2D eigenvalue weighted by molar-refractivity contribution is -0.139. The van der Waals surface area contributed by atoms with E-state index < -0.39 is 22.9 Å². The van der Waals surface area contributed by atoms with Crippen LogP contribution in [0.1, 0.15) is 29.8 Å². The third-order valence-corrected chi connectivity index (χ3v) is 4.26. The standard InChI is InChI=1S/C13H13F4NOS/c1-2-5-18-11(19)7-20-12(18)9-6-8(14)3-4-10(9)13(15,16)17/h3-4,6,12H,2,5,7H2,1H3. The van der Waals surface area contributed by atoms with Crippen molar-refractivity contribution in [3.63, 3.8) is 0 Å². The van der Waals surface area contributed by atoms with Crippen molar-refractivity contribution in [2.45, 2.75) is 24.9 Å². The van der Waals surface area contributed by atoms with Crippen molar-refractivity contribution < 1.29 is 22.4 Å². The van der Waals surface area contributed by atoms with E-state index in [0.29, 0.717) is 13.0 Å². The Labute approximate surface area is 118 Å². The minimum Gasteiger partial charge on any atom is -0.326 e. The number of rotatable bonds is 3. The summed E-state index contributed by atoms with van der Waals surface area (Å²) in [6.07, 6.45) is -3.92. The van der Waals surface area contributed by atoms with E-state index in [1.807, 2.05) is 6.92 Å². The van der Waals surface area contributed by atoms with E-state index in [-0.39, 0.29) is 17.2 Å². The predicted octanol–water partition coefficient (Wildman–Crippen LogP) is 3.83. The van der Waals surface area contributed by atoms with Crippen LogP contribution in [0.2, 0.25) is 0 Å². The Bertz CT molecular complexity index is 518. The number of hydrogen-bond donors (Lipinski definition) is 0. The summed E-state index contributed by atoms with van der Waals surface area (Å²) in [6, 6.07) is 2.40. The van der Waals surface area contributed by atoms with Crippen LogP contribution in [0.25, 0.3) is 0 Å². The molecule has 1 amide bonds. The minimum atomic E-state index is -4.56. The number of carbonyl (C=O) groups is 1. The molecule has 110 valence electrons. The van der Waals surface area contributed by atoms with Crippen molar-refractivity contribution >= 4 is 17.7 Å². The van der Waals surface area contributed by atoms with Crippen LogP contribution in [0.5, 0.6) is 0 Å². The molecule has 1 saturated heterocycles. The van der Waals surface area contributed by atoms with Crippen LogP contribution in [0, 0.1) is 5.82 Å². The van der Waals surface area contributed by atoms with Gasteiger partial charge in [0, 0.05) is 6.54 Å². The average Bonchev–Trinajstić information content (AvgIpc) is 2.70. The second-order valence-electron chi connectivity index (χ2n) is 4.48. The molecular formula is C13H13F4NOS. The minimum absolute atomic E-state index is 0.123. The molecule has 0 N–H and O–H groups in total. The first-order chi connectivity index (χ1) is 9.34. The Morgan fingerprint density at radius 3 is 2.70 bits per heavy atom. The van der Waals surface area contributed by atoms with Crippen molar-refractivity contribution in [3.05, 3.63) is 35.1 Å². The van der Waals surface area contributed by atoms with Crippen LogP contribution in [0.4, 0.5) is 17.6 Å². The maximum absolute atomic E-state index is 13.3. The molecular weight excluding hydrogens is 294 g/mol. The summed E-state index contributed by atoms with van der Waals surface area (Å²) in [4.78, 5) is 13.1. The van der Waals surface area contributed by atoms with Gasteiger partial charge in [-0.3, -0.25) is 4.79 Å². The van der Waals surface area contributed by atoms with Crippen LogP contribution < -0.4 is 0 Å². The summed E-state index contributed by atoms with van der Waals surface area (Å²) >= 11 is 1.10. The number of thioether (sulfide) groups is 1. The SMILES string of the molecule is CCCN1C(=O)CSC1c1cc(F)ccc1C(F)(F)F. The van der Waals surface area contributed by atoms with E-state index in [0.717, 1.165) is 30.0 Å². The molecule has 0 saturated carbocycles. The lowest BCUT2D eigenvalue weighted by Crippen LogP contribution is -2.30. The molecule has 0 aliphatic carbocycles. The number of carbonyl (C=O) groups excluding carboxylic acids is 1. The smallest absolute Gasteiger partial charge is 0.326 e. The van der Waals surface area contributed by atoms with Gasteiger partial charge in [0.15, 0.2) is 0 Å². The molecule has 0 radical (unpaired) electrons. The van der Waals surface area contributed by atoms with Gasteiger partial charge in [-0.15, -0.1) is 11.8 Å². The van der Waals surface area contributed by atoms with Gasteiger partial charge in [0.25, 0.3) is 0 Å². The van der Waals surface area contributed by atoms with Crippen molar-refractivity contribution in [1.82, 2.24) is 4.90 Å². The van der Waals surface area contributed by atoms with Crippen LogP contribution in [-0.2, 0) is 11.0 Å². The van der Waals surface area contributed by atoms with Gasteiger partial charge >= 0.3 is 6.18 Å². The van der Waals surface area contributed by atoms with E-state index >= 15 is 0 Å². The zero-order valence-corrected chi connectivity index (χ0v) is 11.5. The van der Waals surface area contributed by atoms with Gasteiger partial charge in [0.05, 0.1) is 11.3 Å². The summed E-state index contributed by atoms with van der Waals surface area (Å²) in [5.74, 6) is -0.818. The summed E-state index contributed by atoms with van der Waals surface area (Å²) in [5, 5.41) is -0.769. The van der Waals surface area contributed by atoms with E-state index in [2.05, 4.69) is 0 Å². The van der Waals surface area contributed by atoms with E-state index in [9.17, 15) is 22.4 Å². The van der Waals surface area contributed by atoms with Crippen molar-refractivity contribution in [2.75, 3.05) is 12.3 Å². The summed E-state index contributed by atoms with van der Waals surface area (Å²) in [5.41, 5.74) is -1.06. The van der Waals surface area contributed by atoms with Crippen LogP contribution in [0.3, 0.4) is 0 Å². The number of alkyl halides is 3. The lowest BCUT2D eigenvalue weighted by atomic mass is 10.1. The van der Waals surface area contributed by atoms with Crippen molar-refractivity contribution in [2.24, 2.45) is 0 Å². The largest absolute Gasteiger partial charge is 0.416 e. The monoisotopic (exact) mass is 307 g/mol. The molecule has 20 heavy (non-hydrogen) atoms. The molecule has 1 unspecified atom stereocenters. The fraction of sp³-hybridized carbons (Fsp3) is 0.462. The molecule has 1 aromatic carbocycles. The first-order valence-corrected chi connectivity index (χ1v) is 7.17. The van der Waals surface area contributed by atoms with Crippen LogP contribution in [0.15, 0.2) is 18.2 Å². The number of amides is 1. The third kappa shape index (κ3) is 2.92. The number of hydrogen-bond acceptors (Lipinski definition) is 2. The van der Waals surface area contributed by atoms with Gasteiger partial charge in [-0.2, -0.15) is 13.2 Å². The highest BCUT2D eigenvalue weighted by Gasteiger charge is 2.40. The molecule has 0 bridgehead atoms. The maximum atomic E-state index is 13.3. The topological polar surface area (TPSA) is 20.3 Å². The molecule has 1 aliphatic heterocycles. The molecule has 0 spiro atoms. The van der Waals surface area contributed by atoms with E-state index in [1.54, 1.807) is 0 Å². The highest BCUT2D eigenvalue weighted by atomic mass is 32.2. The Morgan fingerprint density at radius 2 is 2.10 bits per heavy atom. The van der Waals surface area contributed by atoms with Crippen molar-refractivity contribution in [3.8, 4) is 0 Å². The van der Waals surface area contributed by atoms with Gasteiger partial charge in [-0.1, -0.05) is 6.92 Å². The normalized spacial score (nSPS) is 19.8. The molecule has 1 heterocycles. The quantitative estimate of drug-likeness (QED) is 0.791. The Hall–Kier alpha value is -1.24. The molecule has 1 aromatic rings. The van der Waals surface area contributed by atoms with Gasteiger partial charge in [-0.05, 0) is 30.2 Å². The second-order valence-corrected chi connectivity index (χ2v) is 5.55. The Kier molecular flexibility index (Phi) is 4.27. The lowest BCUT2D eigenvalue weighted by Gasteiger charge is -2.26. The highest BCUT2D eigenvalue weighted by molar-refractivity contribution is 8.00. The molecule has 1 aliphatic rings. The van der Waals surface area contributed by atoms with Gasteiger partial charge in [0.1, 0.15) is 11.2 Å². The number of benzene rings is 1. The fourth-order valence-corrected chi connectivity index (χ4v) is 3.43. The first kappa shape index (κ1) is 15.2. The molecule has 2 nitrogen and oxygen atoms in total. The average molecular weight is 307 g/mol. The summed E-state index contributed by atoms with van der Waals surface area (Å²) < 4.78 is 52.3. The fourth-order valence-electron chi connectivity index (χ4n) is 2.19. The predicted molar refractivity (Wildman–Crippen MR) is 68.6 cm³/mol. The summed E-state index contributed by atoms with van der Waals surface area (Å²) in [6.45, 7) is 2.20. The first-order valence-electron chi connectivity index (χ1n) is 6.12. The second kappa shape index (κ2) is 5.63. The zero-order chi connectivity index (χ0) is 14.9. The molecule has 7 heteroatoms. The number of nitrogens with zero attached hydrogens (tertiary/aromatic N) is 1. The van der Waals surface area contributed by atoms with E-state index in [1.165, 1.54) is 4.90 Å². The van der Waals surface area contributed by atoms with Gasteiger partial charge in [0.2, 0.25) is 5.91 Å². The Balaban J connectivity index is 2.45. The molecule has 1 fully saturated rings. The van der Waals surface area contributed by atoms with E-state index in [4.69, 9.17) is 0 Å². The zero-order valence-electron chi connectivity index (χ0n) is 10.7. The number of halogens is 4. The third-order valence-electron chi connectivity index (χ3n) is 3.02. The molecule has 0 aromatic heterocycles. The van der Waals surface area contributed by atoms with Crippen LogP contribution >= 0.6 is 11.8 Å². The van der Waals surface area contributed by atoms with Gasteiger partial charge in [-0.25, -0.2) is 4.39 Å². The summed E-state index contributed by atoms with van der Waals surface area (Å²) in [7, 11) is 0.